The molecule has 1 N–H and O–H groups in total. The fraction of sp³-hybridized carbons (Fsp3) is 0.333. The van der Waals surface area contributed by atoms with E-state index in [0.29, 0.717) is 10.1 Å². The second-order valence-electron chi connectivity index (χ2n) is 3.87. The molecule has 0 bridgehead atoms. The summed E-state index contributed by atoms with van der Waals surface area (Å²) in [5.74, 6) is -0.993. The van der Waals surface area contributed by atoms with Crippen LogP contribution in [0.15, 0.2) is 12.1 Å². The van der Waals surface area contributed by atoms with Crippen LogP contribution in [0.4, 0.5) is 8.78 Å². The van der Waals surface area contributed by atoms with Gasteiger partial charge < -0.3 is 5.32 Å². The molecule has 1 heterocycles. The standard InChI is InChI=1S/C12H13F2NS/c1-6-9-4-8(13)5-10(14)12(9)16-11(6)7(2)15-3/h4-5,7,15H,1-3H3. The number of benzene rings is 1. The molecule has 0 aliphatic rings. The Bertz CT molecular complexity index is 533. The van der Waals surface area contributed by atoms with Gasteiger partial charge in [0.1, 0.15) is 11.6 Å². The van der Waals surface area contributed by atoms with Gasteiger partial charge in [0.2, 0.25) is 0 Å². The molecule has 1 aromatic carbocycles. The topological polar surface area (TPSA) is 12.0 Å². The molecule has 1 aromatic heterocycles. The highest BCUT2D eigenvalue weighted by atomic mass is 32.1. The Kier molecular flexibility index (Phi) is 2.95. The number of hydrogen-bond acceptors (Lipinski definition) is 2. The predicted molar refractivity (Wildman–Crippen MR) is 64.0 cm³/mol. The van der Waals surface area contributed by atoms with E-state index >= 15 is 0 Å². The second kappa shape index (κ2) is 4.11. The van der Waals surface area contributed by atoms with Gasteiger partial charge in [-0.2, -0.15) is 0 Å². The number of thiophene rings is 1. The SMILES string of the molecule is CNC(C)c1sc2c(F)cc(F)cc2c1C. The zero-order valence-electron chi connectivity index (χ0n) is 9.40. The van der Waals surface area contributed by atoms with Gasteiger partial charge in [0, 0.05) is 22.4 Å². The lowest BCUT2D eigenvalue weighted by Crippen LogP contribution is -2.11. The van der Waals surface area contributed by atoms with Crippen molar-refractivity contribution in [1.82, 2.24) is 5.32 Å². The fourth-order valence-electron chi connectivity index (χ4n) is 1.81. The molecule has 0 radical (unpaired) electrons. The van der Waals surface area contributed by atoms with Crippen LogP contribution in [0.25, 0.3) is 10.1 Å². The number of hydrogen-bond donors (Lipinski definition) is 1. The molecule has 0 spiro atoms. The van der Waals surface area contributed by atoms with E-state index in [1.165, 1.54) is 17.4 Å². The van der Waals surface area contributed by atoms with E-state index in [1.807, 2.05) is 20.9 Å². The molecule has 0 saturated carbocycles. The summed E-state index contributed by atoms with van der Waals surface area (Å²) in [5.41, 5.74) is 0.959. The lowest BCUT2D eigenvalue weighted by Gasteiger charge is -2.08. The summed E-state index contributed by atoms with van der Waals surface area (Å²) in [7, 11) is 1.85. The molecule has 2 rings (SSSR count). The van der Waals surface area contributed by atoms with Crippen LogP contribution in [0.3, 0.4) is 0 Å². The Morgan fingerprint density at radius 3 is 2.62 bits per heavy atom. The van der Waals surface area contributed by atoms with Crippen LogP contribution in [0.2, 0.25) is 0 Å². The van der Waals surface area contributed by atoms with E-state index in [1.54, 1.807) is 0 Å². The normalized spacial score (nSPS) is 13.3. The molecule has 0 fully saturated rings. The smallest absolute Gasteiger partial charge is 0.143 e. The summed E-state index contributed by atoms with van der Waals surface area (Å²) in [6.45, 7) is 3.91. The van der Waals surface area contributed by atoms with Crippen LogP contribution in [-0.4, -0.2) is 7.05 Å². The van der Waals surface area contributed by atoms with Crippen molar-refractivity contribution in [3.63, 3.8) is 0 Å². The highest BCUT2D eigenvalue weighted by Gasteiger charge is 2.16. The summed E-state index contributed by atoms with van der Waals surface area (Å²) in [6, 6.07) is 2.49. The highest BCUT2D eigenvalue weighted by molar-refractivity contribution is 7.19. The lowest BCUT2D eigenvalue weighted by molar-refractivity contribution is 0.593. The maximum atomic E-state index is 13.6. The first-order valence-electron chi connectivity index (χ1n) is 5.10. The minimum Gasteiger partial charge on any atom is -0.313 e. The van der Waals surface area contributed by atoms with Crippen molar-refractivity contribution < 1.29 is 8.78 Å². The van der Waals surface area contributed by atoms with Gasteiger partial charge in [-0.25, -0.2) is 8.78 Å². The fourth-order valence-corrected chi connectivity index (χ4v) is 3.06. The average Bonchev–Trinajstić information content (AvgIpc) is 2.56. The molecule has 86 valence electrons. The number of aryl methyl sites for hydroxylation is 1. The van der Waals surface area contributed by atoms with Crippen LogP contribution >= 0.6 is 11.3 Å². The number of nitrogens with one attached hydrogen (secondary N) is 1. The van der Waals surface area contributed by atoms with Crippen LogP contribution < -0.4 is 5.32 Å². The molecule has 1 nitrogen and oxygen atoms in total. The molecule has 0 amide bonds. The Hall–Kier alpha value is -1.00. The van der Waals surface area contributed by atoms with Gasteiger partial charge in [-0.05, 0) is 32.5 Å². The molecule has 16 heavy (non-hydrogen) atoms. The third-order valence-electron chi connectivity index (χ3n) is 2.82. The van der Waals surface area contributed by atoms with Crippen molar-refractivity contribution in [2.24, 2.45) is 0 Å². The van der Waals surface area contributed by atoms with E-state index in [-0.39, 0.29) is 6.04 Å². The largest absolute Gasteiger partial charge is 0.313 e. The minimum atomic E-state index is -0.519. The van der Waals surface area contributed by atoms with Gasteiger partial charge in [-0.3, -0.25) is 0 Å². The Morgan fingerprint density at radius 2 is 2.00 bits per heavy atom. The molecule has 0 aliphatic heterocycles. The quantitative estimate of drug-likeness (QED) is 0.844. The van der Waals surface area contributed by atoms with Gasteiger partial charge in [0.15, 0.2) is 0 Å². The Morgan fingerprint density at radius 1 is 1.31 bits per heavy atom. The van der Waals surface area contributed by atoms with E-state index in [0.717, 1.165) is 16.5 Å². The zero-order valence-corrected chi connectivity index (χ0v) is 10.2. The van der Waals surface area contributed by atoms with Crippen LogP contribution in [0, 0.1) is 18.6 Å². The molecule has 1 atom stereocenters. The molecular formula is C12H13F2NS. The van der Waals surface area contributed by atoms with Crippen LogP contribution in [0.1, 0.15) is 23.4 Å². The monoisotopic (exact) mass is 241 g/mol. The maximum Gasteiger partial charge on any atom is 0.143 e. The summed E-state index contributed by atoms with van der Waals surface area (Å²) in [4.78, 5) is 1.06. The van der Waals surface area contributed by atoms with Gasteiger partial charge in [0.05, 0.1) is 4.70 Å². The third-order valence-corrected chi connectivity index (χ3v) is 4.32. The van der Waals surface area contributed by atoms with Crippen LogP contribution in [-0.2, 0) is 0 Å². The lowest BCUT2D eigenvalue weighted by atomic mass is 10.1. The predicted octanol–water partition coefficient (Wildman–Crippen LogP) is 3.77. The average molecular weight is 241 g/mol. The first-order chi connectivity index (χ1) is 7.54. The molecular weight excluding hydrogens is 228 g/mol. The van der Waals surface area contributed by atoms with Gasteiger partial charge in [-0.1, -0.05) is 0 Å². The molecule has 1 unspecified atom stereocenters. The van der Waals surface area contributed by atoms with E-state index in [2.05, 4.69) is 5.32 Å². The van der Waals surface area contributed by atoms with Crippen molar-refractivity contribution in [3.8, 4) is 0 Å². The molecule has 4 heteroatoms. The Labute approximate surface area is 97.1 Å². The van der Waals surface area contributed by atoms with Gasteiger partial charge in [-0.15, -0.1) is 11.3 Å². The van der Waals surface area contributed by atoms with Crippen molar-refractivity contribution >= 4 is 21.4 Å². The first kappa shape index (κ1) is 11.5. The van der Waals surface area contributed by atoms with Crippen molar-refractivity contribution in [2.75, 3.05) is 7.05 Å². The number of rotatable bonds is 2. The highest BCUT2D eigenvalue weighted by Crippen LogP contribution is 2.36. The van der Waals surface area contributed by atoms with Crippen molar-refractivity contribution in [2.45, 2.75) is 19.9 Å². The van der Waals surface area contributed by atoms with Gasteiger partial charge >= 0.3 is 0 Å². The summed E-state index contributed by atoms with van der Waals surface area (Å²) >= 11 is 1.39. The summed E-state index contributed by atoms with van der Waals surface area (Å²) in [5, 5.41) is 3.79. The zero-order chi connectivity index (χ0) is 11.9. The summed E-state index contributed by atoms with van der Waals surface area (Å²) in [6.07, 6.45) is 0. The maximum absolute atomic E-state index is 13.6. The van der Waals surface area contributed by atoms with Gasteiger partial charge in [0.25, 0.3) is 0 Å². The molecule has 0 saturated heterocycles. The summed E-state index contributed by atoms with van der Waals surface area (Å²) < 4.78 is 27.2. The molecule has 2 aromatic rings. The Balaban J connectivity index is 2.72. The molecule has 0 aliphatic carbocycles. The second-order valence-corrected chi connectivity index (χ2v) is 4.92. The van der Waals surface area contributed by atoms with Crippen molar-refractivity contribution in [1.29, 1.82) is 0 Å². The van der Waals surface area contributed by atoms with E-state index in [4.69, 9.17) is 0 Å². The minimum absolute atomic E-state index is 0.153. The van der Waals surface area contributed by atoms with E-state index < -0.39 is 11.6 Å². The number of halogens is 2. The van der Waals surface area contributed by atoms with E-state index in [9.17, 15) is 8.78 Å². The van der Waals surface area contributed by atoms with Crippen LogP contribution in [0.5, 0.6) is 0 Å². The number of fused-ring (bicyclic) bond motifs is 1. The van der Waals surface area contributed by atoms with Crippen molar-refractivity contribution in [3.05, 3.63) is 34.2 Å². The first-order valence-corrected chi connectivity index (χ1v) is 5.91. The third kappa shape index (κ3) is 1.72.